The van der Waals surface area contributed by atoms with Crippen molar-refractivity contribution in [1.82, 2.24) is 4.57 Å². The van der Waals surface area contributed by atoms with Crippen LogP contribution in [-0.2, 0) is 7.05 Å². The fourth-order valence-corrected chi connectivity index (χ4v) is 3.34. The predicted molar refractivity (Wildman–Crippen MR) is 131 cm³/mol. The Bertz CT molecular complexity index is 1160. The van der Waals surface area contributed by atoms with E-state index in [1.54, 1.807) is 19.2 Å². The molecule has 0 unspecified atom stereocenters. The van der Waals surface area contributed by atoms with Crippen molar-refractivity contribution < 1.29 is 9.84 Å². The van der Waals surface area contributed by atoms with Crippen LogP contribution in [0.25, 0.3) is 21.8 Å². The highest BCUT2D eigenvalue weighted by Gasteiger charge is 2.04. The fourth-order valence-electron chi connectivity index (χ4n) is 3.34. The molecule has 0 saturated heterocycles. The second-order valence-corrected chi connectivity index (χ2v) is 7.45. The maximum atomic E-state index is 8.76. The number of aryl methyl sites for hydroxylation is 3. The molecule has 0 saturated carbocycles. The van der Waals surface area contributed by atoms with Gasteiger partial charge in [0.15, 0.2) is 0 Å². The van der Waals surface area contributed by atoms with Gasteiger partial charge in [0.05, 0.1) is 7.11 Å². The molecule has 3 heteroatoms. The summed E-state index contributed by atoms with van der Waals surface area (Å²) in [5, 5.41) is 11.4. The summed E-state index contributed by atoms with van der Waals surface area (Å²) in [6.45, 7) is 4.04. The molecule has 4 aromatic carbocycles. The third-order valence-corrected chi connectivity index (χ3v) is 5.11. The Hall–Kier alpha value is -3.72. The van der Waals surface area contributed by atoms with Crippen LogP contribution in [0.2, 0.25) is 0 Å². The molecule has 1 N–H and O–H groups in total. The van der Waals surface area contributed by atoms with Crippen LogP contribution in [0.1, 0.15) is 11.1 Å². The number of aromatic hydroxyl groups is 1. The van der Waals surface area contributed by atoms with Gasteiger partial charge in [0.25, 0.3) is 0 Å². The van der Waals surface area contributed by atoms with E-state index in [4.69, 9.17) is 9.84 Å². The highest BCUT2D eigenvalue weighted by atomic mass is 16.5. The zero-order chi connectivity index (χ0) is 22.2. The minimum absolute atomic E-state index is 0.329. The van der Waals surface area contributed by atoms with Crippen molar-refractivity contribution in [3.05, 3.63) is 108 Å². The lowest BCUT2D eigenvalue weighted by Gasteiger charge is -1.97. The molecule has 31 heavy (non-hydrogen) atoms. The lowest BCUT2D eigenvalue weighted by Crippen LogP contribution is -1.84. The molecule has 0 amide bonds. The molecule has 0 aliphatic rings. The molecule has 0 fully saturated rings. The Morgan fingerprint density at radius 2 is 1.03 bits per heavy atom. The number of hydrogen-bond donors (Lipinski definition) is 1. The monoisotopic (exact) mass is 411 g/mol. The van der Waals surface area contributed by atoms with Gasteiger partial charge in [-0.3, -0.25) is 0 Å². The average Bonchev–Trinajstić information content (AvgIpc) is 3.10. The largest absolute Gasteiger partial charge is 0.508 e. The van der Waals surface area contributed by atoms with Gasteiger partial charge < -0.3 is 14.4 Å². The normalized spacial score (nSPS) is 10.1. The van der Waals surface area contributed by atoms with Gasteiger partial charge in [-0.2, -0.15) is 0 Å². The van der Waals surface area contributed by atoms with Crippen LogP contribution in [0.4, 0.5) is 0 Å². The Morgan fingerprint density at radius 3 is 1.45 bits per heavy atom. The molecule has 158 valence electrons. The molecular weight excluding hydrogens is 382 g/mol. The molecule has 0 bridgehead atoms. The number of fused-ring (bicyclic) bond motifs is 3. The van der Waals surface area contributed by atoms with E-state index in [2.05, 4.69) is 67.1 Å². The van der Waals surface area contributed by atoms with Gasteiger partial charge in [-0.1, -0.05) is 71.8 Å². The second kappa shape index (κ2) is 10.4. The summed E-state index contributed by atoms with van der Waals surface area (Å²) in [5.74, 6) is 1.25. The zero-order valence-electron chi connectivity index (χ0n) is 18.5. The highest BCUT2D eigenvalue weighted by molar-refractivity contribution is 6.07. The summed E-state index contributed by atoms with van der Waals surface area (Å²) in [6.07, 6.45) is 0. The van der Waals surface area contributed by atoms with E-state index in [0.29, 0.717) is 5.75 Å². The van der Waals surface area contributed by atoms with Gasteiger partial charge in [0.2, 0.25) is 0 Å². The minimum atomic E-state index is 0.329. The summed E-state index contributed by atoms with van der Waals surface area (Å²) in [5.41, 5.74) is 5.03. The number of phenols is 1. The van der Waals surface area contributed by atoms with Gasteiger partial charge in [-0.05, 0) is 50.2 Å². The van der Waals surface area contributed by atoms with Crippen LogP contribution in [0, 0.1) is 13.8 Å². The molecule has 0 atom stereocenters. The average molecular weight is 412 g/mol. The van der Waals surface area contributed by atoms with Crippen LogP contribution >= 0.6 is 0 Å². The summed E-state index contributed by atoms with van der Waals surface area (Å²) in [6, 6.07) is 32.1. The first-order chi connectivity index (χ1) is 15.0. The molecule has 0 radical (unpaired) electrons. The number of hydrogen-bond acceptors (Lipinski definition) is 2. The fraction of sp³-hybridized carbons (Fsp3) is 0.143. The maximum absolute atomic E-state index is 8.76. The van der Waals surface area contributed by atoms with Gasteiger partial charge in [-0.15, -0.1) is 0 Å². The second-order valence-electron chi connectivity index (χ2n) is 7.45. The van der Waals surface area contributed by atoms with Gasteiger partial charge >= 0.3 is 0 Å². The Morgan fingerprint density at radius 1 is 0.613 bits per heavy atom. The summed E-state index contributed by atoms with van der Waals surface area (Å²) >= 11 is 0. The molecule has 0 spiro atoms. The number of methoxy groups -OCH3 is 1. The van der Waals surface area contributed by atoms with Crippen molar-refractivity contribution >= 4 is 21.8 Å². The van der Waals surface area contributed by atoms with Crippen LogP contribution in [0.3, 0.4) is 0 Å². The van der Waals surface area contributed by atoms with E-state index < -0.39 is 0 Å². The Kier molecular flexibility index (Phi) is 7.34. The van der Waals surface area contributed by atoms with E-state index in [9.17, 15) is 0 Å². The number of aromatic nitrogens is 1. The van der Waals surface area contributed by atoms with Crippen LogP contribution < -0.4 is 4.74 Å². The highest BCUT2D eigenvalue weighted by Crippen LogP contribution is 2.27. The van der Waals surface area contributed by atoms with Gasteiger partial charge in [-0.25, -0.2) is 0 Å². The third kappa shape index (κ3) is 5.67. The van der Waals surface area contributed by atoms with E-state index in [-0.39, 0.29) is 0 Å². The zero-order valence-corrected chi connectivity index (χ0v) is 18.5. The van der Waals surface area contributed by atoms with E-state index in [1.807, 2.05) is 43.3 Å². The predicted octanol–water partition coefficient (Wildman–Crippen LogP) is 7.04. The summed E-state index contributed by atoms with van der Waals surface area (Å²) in [7, 11) is 3.79. The van der Waals surface area contributed by atoms with Crippen molar-refractivity contribution in [2.24, 2.45) is 7.05 Å². The van der Waals surface area contributed by atoms with E-state index >= 15 is 0 Å². The molecule has 5 rings (SSSR count). The van der Waals surface area contributed by atoms with Crippen molar-refractivity contribution in [2.75, 3.05) is 7.11 Å². The topological polar surface area (TPSA) is 34.4 Å². The minimum Gasteiger partial charge on any atom is -0.508 e. The van der Waals surface area contributed by atoms with Gasteiger partial charge in [0.1, 0.15) is 11.5 Å². The maximum Gasteiger partial charge on any atom is 0.118 e. The lowest BCUT2D eigenvalue weighted by molar-refractivity contribution is 0.414. The van der Waals surface area contributed by atoms with Gasteiger partial charge in [0, 0.05) is 28.9 Å². The van der Waals surface area contributed by atoms with Crippen molar-refractivity contribution in [2.45, 2.75) is 13.8 Å². The molecular formula is C28H29NO2. The number of nitrogens with zero attached hydrogens (tertiary/aromatic N) is 1. The van der Waals surface area contributed by atoms with E-state index in [1.165, 1.54) is 32.9 Å². The third-order valence-electron chi connectivity index (χ3n) is 5.11. The smallest absolute Gasteiger partial charge is 0.118 e. The quantitative estimate of drug-likeness (QED) is 0.321. The van der Waals surface area contributed by atoms with Crippen molar-refractivity contribution in [1.29, 1.82) is 0 Å². The molecule has 1 aromatic heterocycles. The van der Waals surface area contributed by atoms with Crippen molar-refractivity contribution in [3.8, 4) is 11.5 Å². The lowest BCUT2D eigenvalue weighted by atomic mass is 10.2. The van der Waals surface area contributed by atoms with Crippen LogP contribution in [-0.4, -0.2) is 16.8 Å². The first-order valence-electron chi connectivity index (χ1n) is 10.3. The van der Waals surface area contributed by atoms with Crippen LogP contribution in [0.15, 0.2) is 97.1 Å². The number of rotatable bonds is 1. The van der Waals surface area contributed by atoms with Crippen molar-refractivity contribution in [3.63, 3.8) is 0 Å². The summed E-state index contributed by atoms with van der Waals surface area (Å²) < 4.78 is 7.21. The Balaban J connectivity index is 0.000000140. The number of para-hydroxylation sites is 2. The number of benzene rings is 4. The molecule has 3 nitrogen and oxygen atoms in total. The first kappa shape index (κ1) is 22.0. The molecule has 5 aromatic rings. The Labute approximate surface area is 184 Å². The number of ether oxygens (including phenoxy) is 1. The standard InChI is InChI=1S/C13H11N.C8H10O.C7H8O/c1-14-12-8-4-2-6-10(12)11-7-3-5-9-13(11)14;1-7-3-5-8(9-2)6-4-7;1-6-2-4-7(8)5-3-6/h2-9H,1H3;3-6H,1-2H3;2-5,8H,1H3. The first-order valence-corrected chi connectivity index (χ1v) is 10.3. The molecule has 1 heterocycles. The molecule has 0 aliphatic carbocycles. The SMILES string of the molecule is COc1ccc(C)cc1.Cc1ccc(O)cc1.Cn1c2ccccc2c2ccccc21. The number of phenolic OH excluding ortho intramolecular Hbond substituents is 1. The summed E-state index contributed by atoms with van der Waals surface area (Å²) in [4.78, 5) is 0. The van der Waals surface area contributed by atoms with E-state index in [0.717, 1.165) is 5.75 Å². The van der Waals surface area contributed by atoms with Crippen LogP contribution in [0.5, 0.6) is 11.5 Å². The molecule has 0 aliphatic heterocycles.